The first-order valence-corrected chi connectivity index (χ1v) is 9.32. The van der Waals surface area contributed by atoms with Gasteiger partial charge in [0.25, 0.3) is 0 Å². The number of methoxy groups -OCH3 is 1. The Labute approximate surface area is 155 Å². The van der Waals surface area contributed by atoms with Gasteiger partial charge in [0.15, 0.2) is 5.82 Å². The second-order valence-corrected chi connectivity index (χ2v) is 7.71. The van der Waals surface area contributed by atoms with Crippen molar-refractivity contribution in [1.82, 2.24) is 15.0 Å². The maximum Gasteiger partial charge on any atom is 0.240 e. The third kappa shape index (κ3) is 4.07. The van der Waals surface area contributed by atoms with E-state index in [0.29, 0.717) is 18.4 Å². The standard InChI is InChI=1S/C20H29N3O3/c1-14(2)12-18-21-19(26-22-18)13-23-11-5-6-17(23)20(3,24)15-7-9-16(25-4)10-8-15/h7-10,14,17,24H,5-6,11-13H2,1-4H3/t17-,20+/m1/s1. The predicted molar refractivity (Wildman–Crippen MR) is 98.8 cm³/mol. The van der Waals surface area contributed by atoms with Gasteiger partial charge in [-0.05, 0) is 49.9 Å². The summed E-state index contributed by atoms with van der Waals surface area (Å²) >= 11 is 0. The molecule has 142 valence electrons. The first-order valence-electron chi connectivity index (χ1n) is 9.32. The predicted octanol–water partition coefficient (Wildman–Crippen LogP) is 3.15. The van der Waals surface area contributed by atoms with E-state index in [0.717, 1.165) is 42.9 Å². The Hall–Kier alpha value is -1.92. The molecule has 1 saturated heterocycles. The SMILES string of the molecule is COc1ccc([C@](C)(O)[C@H]2CCCN2Cc2nc(CC(C)C)no2)cc1. The van der Waals surface area contributed by atoms with Gasteiger partial charge in [-0.15, -0.1) is 0 Å². The minimum Gasteiger partial charge on any atom is -0.497 e. The fraction of sp³-hybridized carbons (Fsp3) is 0.600. The summed E-state index contributed by atoms with van der Waals surface area (Å²) in [4.78, 5) is 6.76. The molecule has 1 aliphatic rings. The highest BCUT2D eigenvalue weighted by atomic mass is 16.5. The Balaban J connectivity index is 1.73. The van der Waals surface area contributed by atoms with Crippen LogP contribution in [0.4, 0.5) is 0 Å². The molecule has 26 heavy (non-hydrogen) atoms. The molecule has 0 unspecified atom stereocenters. The Morgan fingerprint density at radius 2 is 2.08 bits per heavy atom. The highest BCUT2D eigenvalue weighted by molar-refractivity contribution is 5.31. The maximum absolute atomic E-state index is 11.3. The molecule has 0 saturated carbocycles. The summed E-state index contributed by atoms with van der Waals surface area (Å²) in [6.45, 7) is 7.65. The van der Waals surface area contributed by atoms with Crippen molar-refractivity contribution in [3.05, 3.63) is 41.5 Å². The molecule has 2 heterocycles. The largest absolute Gasteiger partial charge is 0.497 e. The lowest BCUT2D eigenvalue weighted by atomic mass is 9.86. The van der Waals surface area contributed by atoms with Crippen LogP contribution in [0.2, 0.25) is 0 Å². The quantitative estimate of drug-likeness (QED) is 0.819. The van der Waals surface area contributed by atoms with Gasteiger partial charge in [0.2, 0.25) is 5.89 Å². The Kier molecular flexibility index (Phi) is 5.63. The van der Waals surface area contributed by atoms with Crippen LogP contribution in [-0.2, 0) is 18.6 Å². The Morgan fingerprint density at radius 1 is 1.35 bits per heavy atom. The number of benzene rings is 1. The third-order valence-corrected chi connectivity index (χ3v) is 5.13. The smallest absolute Gasteiger partial charge is 0.240 e. The van der Waals surface area contributed by atoms with Gasteiger partial charge in [-0.3, -0.25) is 4.90 Å². The van der Waals surface area contributed by atoms with E-state index in [4.69, 9.17) is 9.26 Å². The van der Waals surface area contributed by atoms with Crippen molar-refractivity contribution >= 4 is 0 Å². The molecule has 6 heteroatoms. The minimum absolute atomic E-state index is 0.0105. The van der Waals surface area contributed by atoms with Gasteiger partial charge in [0.05, 0.1) is 13.7 Å². The average molecular weight is 359 g/mol. The van der Waals surface area contributed by atoms with Crippen LogP contribution in [0.25, 0.3) is 0 Å². The molecule has 0 bridgehead atoms. The van der Waals surface area contributed by atoms with Crippen LogP contribution >= 0.6 is 0 Å². The van der Waals surface area contributed by atoms with Gasteiger partial charge in [-0.2, -0.15) is 4.98 Å². The molecule has 0 amide bonds. The molecule has 2 atom stereocenters. The molecule has 1 aromatic heterocycles. The van der Waals surface area contributed by atoms with E-state index in [9.17, 15) is 5.11 Å². The van der Waals surface area contributed by atoms with Crippen LogP contribution in [0.5, 0.6) is 5.75 Å². The minimum atomic E-state index is -0.955. The highest BCUT2D eigenvalue weighted by Crippen LogP contribution is 2.36. The van der Waals surface area contributed by atoms with E-state index < -0.39 is 5.60 Å². The van der Waals surface area contributed by atoms with Gasteiger partial charge in [-0.25, -0.2) is 0 Å². The summed E-state index contributed by atoms with van der Waals surface area (Å²) in [5, 5.41) is 15.3. The number of likely N-dealkylation sites (tertiary alicyclic amines) is 1. The zero-order chi connectivity index (χ0) is 18.7. The molecule has 1 aliphatic heterocycles. The summed E-state index contributed by atoms with van der Waals surface area (Å²) in [5.41, 5.74) is -0.0648. The number of hydrogen-bond acceptors (Lipinski definition) is 6. The molecule has 1 aromatic carbocycles. The molecule has 0 aliphatic carbocycles. The average Bonchev–Trinajstić information content (AvgIpc) is 3.24. The van der Waals surface area contributed by atoms with Crippen molar-refractivity contribution in [3.8, 4) is 5.75 Å². The number of aliphatic hydroxyl groups is 1. The van der Waals surface area contributed by atoms with E-state index >= 15 is 0 Å². The zero-order valence-electron chi connectivity index (χ0n) is 16.1. The first-order chi connectivity index (χ1) is 12.4. The zero-order valence-corrected chi connectivity index (χ0v) is 16.1. The number of rotatable bonds is 7. The number of aromatic nitrogens is 2. The molecular weight excluding hydrogens is 330 g/mol. The van der Waals surface area contributed by atoms with E-state index in [1.165, 1.54) is 0 Å². The summed E-state index contributed by atoms with van der Waals surface area (Å²) < 4.78 is 10.6. The van der Waals surface area contributed by atoms with E-state index in [-0.39, 0.29) is 6.04 Å². The maximum atomic E-state index is 11.3. The Bertz CT molecular complexity index is 709. The molecule has 1 fully saturated rings. The summed E-state index contributed by atoms with van der Waals surface area (Å²) in [5.74, 6) is 2.66. The number of nitrogens with zero attached hydrogens (tertiary/aromatic N) is 3. The van der Waals surface area contributed by atoms with Crippen LogP contribution in [0.1, 0.15) is 50.9 Å². The van der Waals surface area contributed by atoms with Crippen LogP contribution < -0.4 is 4.74 Å². The Morgan fingerprint density at radius 3 is 2.73 bits per heavy atom. The molecule has 0 spiro atoms. The third-order valence-electron chi connectivity index (χ3n) is 5.13. The van der Waals surface area contributed by atoms with Crippen molar-refractivity contribution in [2.24, 2.45) is 5.92 Å². The van der Waals surface area contributed by atoms with Gasteiger partial charge in [-0.1, -0.05) is 31.1 Å². The van der Waals surface area contributed by atoms with Gasteiger partial charge < -0.3 is 14.4 Å². The van der Waals surface area contributed by atoms with Crippen molar-refractivity contribution in [2.45, 2.75) is 58.2 Å². The molecular formula is C20H29N3O3. The highest BCUT2D eigenvalue weighted by Gasteiger charge is 2.41. The summed E-state index contributed by atoms with van der Waals surface area (Å²) in [6.07, 6.45) is 2.80. The van der Waals surface area contributed by atoms with E-state index in [1.807, 2.05) is 31.2 Å². The lowest BCUT2D eigenvalue weighted by molar-refractivity contribution is -0.0278. The number of hydrogen-bond donors (Lipinski definition) is 1. The van der Waals surface area contributed by atoms with Crippen LogP contribution in [0, 0.1) is 5.92 Å². The van der Waals surface area contributed by atoms with Crippen LogP contribution in [0.3, 0.4) is 0 Å². The summed E-state index contributed by atoms with van der Waals surface area (Å²) in [6, 6.07) is 7.65. The second-order valence-electron chi connectivity index (χ2n) is 7.71. The normalized spacial score (nSPS) is 20.5. The fourth-order valence-corrected chi connectivity index (χ4v) is 3.75. The van der Waals surface area contributed by atoms with Gasteiger partial charge in [0, 0.05) is 12.5 Å². The van der Waals surface area contributed by atoms with Gasteiger partial charge >= 0.3 is 0 Å². The molecule has 6 nitrogen and oxygen atoms in total. The second kappa shape index (κ2) is 7.76. The lowest BCUT2D eigenvalue weighted by Crippen LogP contribution is -2.45. The van der Waals surface area contributed by atoms with E-state index in [2.05, 4.69) is 28.9 Å². The van der Waals surface area contributed by atoms with E-state index in [1.54, 1.807) is 7.11 Å². The lowest BCUT2D eigenvalue weighted by Gasteiger charge is -2.36. The number of ether oxygens (including phenoxy) is 1. The van der Waals surface area contributed by atoms with Gasteiger partial charge in [0.1, 0.15) is 11.4 Å². The fourth-order valence-electron chi connectivity index (χ4n) is 3.75. The topological polar surface area (TPSA) is 71.6 Å². The molecule has 1 N–H and O–H groups in total. The van der Waals surface area contributed by atoms with Crippen LogP contribution in [0.15, 0.2) is 28.8 Å². The summed E-state index contributed by atoms with van der Waals surface area (Å²) in [7, 11) is 1.64. The van der Waals surface area contributed by atoms with Crippen molar-refractivity contribution in [2.75, 3.05) is 13.7 Å². The molecule has 3 rings (SSSR count). The van der Waals surface area contributed by atoms with Crippen molar-refractivity contribution in [1.29, 1.82) is 0 Å². The van der Waals surface area contributed by atoms with Crippen molar-refractivity contribution in [3.63, 3.8) is 0 Å². The first kappa shape index (κ1) is 18.9. The van der Waals surface area contributed by atoms with Crippen LogP contribution in [-0.4, -0.2) is 39.8 Å². The molecule has 0 radical (unpaired) electrons. The van der Waals surface area contributed by atoms with Crippen molar-refractivity contribution < 1.29 is 14.4 Å². The monoisotopic (exact) mass is 359 g/mol. The molecule has 2 aromatic rings.